The van der Waals surface area contributed by atoms with Crippen LogP contribution in [0.1, 0.15) is 6.92 Å². The van der Waals surface area contributed by atoms with Gasteiger partial charge < -0.3 is 30.3 Å². The van der Waals surface area contributed by atoms with Gasteiger partial charge in [0.2, 0.25) is 0 Å². The Morgan fingerprint density at radius 2 is 1.54 bits per heavy atom. The molecule has 5 N–H and O–H groups in total. The van der Waals surface area contributed by atoms with Crippen LogP contribution >= 0.6 is 0 Å². The van der Waals surface area contributed by atoms with Crippen molar-refractivity contribution in [3.05, 3.63) is 0 Å². The van der Waals surface area contributed by atoms with Crippen LogP contribution in [0.2, 0.25) is 0 Å². The number of hydrogen-bond acceptors (Lipinski definition) is 6. The Morgan fingerprint density at radius 1 is 1.00 bits per heavy atom. The molecule has 0 spiro atoms. The van der Waals surface area contributed by atoms with Gasteiger partial charge in [0.1, 0.15) is 24.4 Å². The van der Waals surface area contributed by atoms with E-state index in [1.165, 1.54) is 6.92 Å². The Balaban J connectivity index is 2.70. The van der Waals surface area contributed by atoms with E-state index in [0.717, 1.165) is 0 Å². The normalized spacial score (nSPS) is 48.9. The summed E-state index contributed by atoms with van der Waals surface area (Å²) in [4.78, 5) is 0. The smallest absolute Gasteiger partial charge is 0.184 e. The highest BCUT2D eigenvalue weighted by molar-refractivity contribution is 4.90. The van der Waals surface area contributed by atoms with Crippen molar-refractivity contribution in [1.29, 1.82) is 0 Å². The number of aliphatic hydroxyl groups excluding tert-OH is 5. The zero-order valence-corrected chi connectivity index (χ0v) is 7.11. The third-order valence-corrected chi connectivity index (χ3v) is 2.10. The van der Waals surface area contributed by atoms with Crippen molar-refractivity contribution in [1.82, 2.24) is 0 Å². The third-order valence-electron chi connectivity index (χ3n) is 2.10. The summed E-state index contributed by atoms with van der Waals surface area (Å²) in [5.41, 5.74) is 0. The summed E-state index contributed by atoms with van der Waals surface area (Å²) >= 11 is 0. The minimum atomic E-state index is -1.59. The Hall–Kier alpha value is -0.240. The van der Waals surface area contributed by atoms with Gasteiger partial charge in [0.25, 0.3) is 0 Å². The molecule has 0 saturated carbocycles. The van der Waals surface area contributed by atoms with Crippen LogP contribution in [0.3, 0.4) is 0 Å². The van der Waals surface area contributed by atoms with Gasteiger partial charge in [-0.2, -0.15) is 0 Å². The Kier molecular flexibility index (Phi) is 3.23. The van der Waals surface area contributed by atoms with Gasteiger partial charge in [-0.25, -0.2) is 0 Å². The molecule has 0 aromatic heterocycles. The predicted octanol–water partition coefficient (Wildman–Crippen LogP) is -2.83. The lowest BCUT2D eigenvalue weighted by molar-refractivity contribution is -0.295. The van der Waals surface area contributed by atoms with Crippen LogP contribution in [0.25, 0.3) is 0 Å². The Labute approximate surface area is 75.0 Å². The van der Waals surface area contributed by atoms with E-state index < -0.39 is 36.8 Å². The molecule has 13 heavy (non-hydrogen) atoms. The van der Waals surface area contributed by atoms with Gasteiger partial charge in [0.15, 0.2) is 6.29 Å². The molecule has 78 valence electrons. The molecular formula is C7H14O6. The van der Waals surface area contributed by atoms with Crippen molar-refractivity contribution in [2.24, 2.45) is 0 Å². The van der Waals surface area contributed by atoms with Crippen LogP contribution in [0.15, 0.2) is 0 Å². The van der Waals surface area contributed by atoms with Gasteiger partial charge in [-0.15, -0.1) is 0 Å². The summed E-state index contributed by atoms with van der Waals surface area (Å²) in [5.74, 6) is 0. The quantitative estimate of drug-likeness (QED) is 0.308. The second-order valence-corrected chi connectivity index (χ2v) is 3.20. The highest BCUT2D eigenvalue weighted by Gasteiger charge is 2.44. The van der Waals surface area contributed by atoms with E-state index >= 15 is 0 Å². The highest BCUT2D eigenvalue weighted by atomic mass is 16.6. The molecule has 0 aromatic rings. The molecule has 1 heterocycles. The van der Waals surface area contributed by atoms with Crippen LogP contribution in [-0.2, 0) is 4.74 Å². The maximum absolute atomic E-state index is 9.29. The zero-order valence-electron chi connectivity index (χ0n) is 7.11. The van der Waals surface area contributed by atoms with Crippen molar-refractivity contribution in [3.8, 4) is 0 Å². The average Bonchev–Trinajstić information content (AvgIpc) is 2.07. The van der Waals surface area contributed by atoms with E-state index in [1.807, 2.05) is 0 Å². The number of aliphatic hydroxyl groups is 5. The average molecular weight is 194 g/mol. The van der Waals surface area contributed by atoms with Gasteiger partial charge in [-0.05, 0) is 6.92 Å². The largest absolute Gasteiger partial charge is 0.391 e. The van der Waals surface area contributed by atoms with Crippen molar-refractivity contribution >= 4 is 0 Å². The molecule has 6 heteroatoms. The molecule has 0 aliphatic carbocycles. The zero-order chi connectivity index (χ0) is 10.2. The maximum Gasteiger partial charge on any atom is 0.184 e. The second kappa shape index (κ2) is 3.87. The molecule has 0 aromatic carbocycles. The molecule has 1 aliphatic rings. The van der Waals surface area contributed by atoms with Crippen LogP contribution in [-0.4, -0.2) is 62.3 Å². The molecule has 0 radical (unpaired) electrons. The lowest BCUT2D eigenvalue weighted by Crippen LogP contribution is -2.60. The third kappa shape index (κ3) is 1.98. The molecule has 0 bridgehead atoms. The molecule has 1 rings (SSSR count). The molecule has 6 nitrogen and oxygen atoms in total. The fraction of sp³-hybridized carbons (Fsp3) is 1.00. The predicted molar refractivity (Wildman–Crippen MR) is 40.6 cm³/mol. The standard InChI is InChI=1S/C7H14O6/c1-2(8)6-4(10)3(9)5(11)7(12)13-6/h2-12H,1H3/t2-,3+,4-,5+,6-,7+/m0/s1. The highest BCUT2D eigenvalue weighted by Crippen LogP contribution is 2.21. The van der Waals surface area contributed by atoms with Crippen molar-refractivity contribution in [2.45, 2.75) is 43.7 Å². The lowest BCUT2D eigenvalue weighted by atomic mass is 9.96. The summed E-state index contributed by atoms with van der Waals surface area (Å²) in [6.07, 6.45) is -8.18. The Morgan fingerprint density at radius 3 is 2.00 bits per heavy atom. The number of ether oxygens (including phenoxy) is 1. The second-order valence-electron chi connectivity index (χ2n) is 3.20. The van der Waals surface area contributed by atoms with Crippen LogP contribution in [0.4, 0.5) is 0 Å². The summed E-state index contributed by atoms with van der Waals surface area (Å²) in [6.45, 7) is 1.35. The fourth-order valence-corrected chi connectivity index (χ4v) is 1.29. The first kappa shape index (κ1) is 10.8. The lowest BCUT2D eigenvalue weighted by Gasteiger charge is -2.39. The molecule has 1 fully saturated rings. The Bertz CT molecular complexity index is 172. The van der Waals surface area contributed by atoms with Crippen molar-refractivity contribution in [3.63, 3.8) is 0 Å². The summed E-state index contributed by atoms with van der Waals surface area (Å²) in [7, 11) is 0. The van der Waals surface area contributed by atoms with E-state index in [2.05, 4.69) is 4.74 Å². The molecule has 0 amide bonds. The van der Waals surface area contributed by atoms with Gasteiger partial charge in [-0.1, -0.05) is 0 Å². The van der Waals surface area contributed by atoms with Crippen LogP contribution in [0, 0.1) is 0 Å². The van der Waals surface area contributed by atoms with E-state index in [0.29, 0.717) is 0 Å². The molecule has 1 saturated heterocycles. The van der Waals surface area contributed by atoms with Gasteiger partial charge in [0.05, 0.1) is 6.10 Å². The van der Waals surface area contributed by atoms with Crippen molar-refractivity contribution < 1.29 is 30.3 Å². The summed E-state index contributed by atoms with van der Waals surface area (Å²) in [5, 5.41) is 45.6. The first-order valence-electron chi connectivity index (χ1n) is 4.01. The summed E-state index contributed by atoms with van der Waals surface area (Å²) in [6, 6.07) is 0. The minimum absolute atomic E-state index is 1.04. The van der Waals surface area contributed by atoms with Crippen molar-refractivity contribution in [2.75, 3.05) is 0 Å². The van der Waals surface area contributed by atoms with Crippen LogP contribution < -0.4 is 0 Å². The molecular weight excluding hydrogens is 180 g/mol. The number of hydrogen-bond donors (Lipinski definition) is 5. The molecule has 0 unspecified atom stereocenters. The fourth-order valence-electron chi connectivity index (χ4n) is 1.29. The maximum atomic E-state index is 9.29. The number of rotatable bonds is 1. The minimum Gasteiger partial charge on any atom is -0.391 e. The van der Waals surface area contributed by atoms with Gasteiger partial charge >= 0.3 is 0 Å². The van der Waals surface area contributed by atoms with Crippen LogP contribution in [0.5, 0.6) is 0 Å². The monoisotopic (exact) mass is 194 g/mol. The topological polar surface area (TPSA) is 110 Å². The van der Waals surface area contributed by atoms with E-state index in [4.69, 9.17) is 15.3 Å². The molecule has 6 atom stereocenters. The SMILES string of the molecule is C[C@H](O)[C@@H]1O[C@@H](O)[C@H](O)[C@H](O)[C@@H]1O. The summed E-state index contributed by atoms with van der Waals surface area (Å²) < 4.78 is 4.69. The van der Waals surface area contributed by atoms with E-state index in [1.54, 1.807) is 0 Å². The first-order valence-corrected chi connectivity index (χ1v) is 4.01. The first-order chi connectivity index (χ1) is 5.95. The van der Waals surface area contributed by atoms with Gasteiger partial charge in [0, 0.05) is 0 Å². The van der Waals surface area contributed by atoms with E-state index in [-0.39, 0.29) is 0 Å². The molecule has 1 aliphatic heterocycles. The van der Waals surface area contributed by atoms with Gasteiger partial charge in [-0.3, -0.25) is 0 Å². The van der Waals surface area contributed by atoms with E-state index in [9.17, 15) is 10.2 Å².